The number of hydrogen-bond donors (Lipinski definition) is 1. The summed E-state index contributed by atoms with van der Waals surface area (Å²) < 4.78 is 0. The van der Waals surface area contributed by atoms with E-state index in [-0.39, 0.29) is 75.9 Å². The predicted molar refractivity (Wildman–Crippen MR) is 108 cm³/mol. The second-order valence-electron chi connectivity index (χ2n) is 8.52. The van der Waals surface area contributed by atoms with Gasteiger partial charge in [-0.2, -0.15) is 13.8 Å². The second-order valence-corrected chi connectivity index (χ2v) is 8.52. The summed E-state index contributed by atoms with van der Waals surface area (Å²) in [6, 6.07) is 0. The normalized spacial score (nSPS) is 18.0. The van der Waals surface area contributed by atoms with Crippen LogP contribution in [0.5, 0.6) is 0 Å². The number of anilines is 1. The number of rotatable bonds is 4. The molecule has 0 unspecified atom stereocenters. The summed E-state index contributed by atoms with van der Waals surface area (Å²) >= 11 is 0. The fourth-order valence-electron chi connectivity index (χ4n) is 3.21. The maximum Gasteiger partial charge on any atom is 2.00 e. The van der Waals surface area contributed by atoms with Crippen LogP contribution < -0.4 is 10.2 Å². The number of aryl methyl sites for hydroxylation is 1. The van der Waals surface area contributed by atoms with E-state index < -0.39 is 0 Å². The molecular weight excluding hydrogens is 561 g/mol. The van der Waals surface area contributed by atoms with Gasteiger partial charge in [0.2, 0.25) is 5.91 Å². The minimum Gasteiger partial charge on any atom is -0.410 e. The van der Waals surface area contributed by atoms with Crippen LogP contribution in [0, 0.1) is 33.1 Å². The molecule has 8 heteroatoms. The van der Waals surface area contributed by atoms with Gasteiger partial charge in [-0.05, 0) is 45.4 Å². The summed E-state index contributed by atoms with van der Waals surface area (Å²) in [5.74, 6) is 1.96. The van der Waals surface area contributed by atoms with Crippen molar-refractivity contribution in [1.29, 1.82) is 0 Å². The van der Waals surface area contributed by atoms with Crippen molar-refractivity contribution < 1.29 is 44.4 Å². The van der Waals surface area contributed by atoms with Crippen LogP contribution in [0.2, 0.25) is 0 Å². The van der Waals surface area contributed by atoms with Crippen LogP contribution >= 0.6 is 0 Å². The molecule has 1 amide bonds. The van der Waals surface area contributed by atoms with E-state index in [1.54, 1.807) is 0 Å². The molecule has 1 aromatic heterocycles. The zero-order valence-corrected chi connectivity index (χ0v) is 22.9. The molecule has 1 aliphatic heterocycles. The SMILES string of the molecule is Cc1nc([NH-])nc(N2C[C@H](C(=O)NC(C)(C)[C-](C)C)CC2(C)C)c1C.[CH3-].[V+2].[W]. The number of nitrogens with one attached hydrogen (secondary N) is 2. The average Bonchev–Trinajstić information content (AvgIpc) is 2.78. The third kappa shape index (κ3) is 6.21. The molecular formula is C20H34N5OVW-. The van der Waals surface area contributed by atoms with Gasteiger partial charge < -0.3 is 33.3 Å². The average molecular weight is 595 g/mol. The van der Waals surface area contributed by atoms with E-state index in [1.807, 2.05) is 41.5 Å². The van der Waals surface area contributed by atoms with Gasteiger partial charge in [-0.15, -0.1) is 0 Å². The topological polar surface area (TPSA) is 81.9 Å². The van der Waals surface area contributed by atoms with Gasteiger partial charge >= 0.3 is 18.6 Å². The monoisotopic (exact) mass is 595 g/mol. The van der Waals surface area contributed by atoms with Gasteiger partial charge in [0.1, 0.15) is 0 Å². The molecule has 1 saturated heterocycles. The number of hydrogen-bond acceptors (Lipinski definition) is 4. The van der Waals surface area contributed by atoms with Crippen LogP contribution in [0.1, 0.15) is 59.2 Å². The van der Waals surface area contributed by atoms with Crippen molar-refractivity contribution in [2.45, 2.75) is 72.9 Å². The Balaban J connectivity index is 0. The fraction of sp³-hybridized carbons (Fsp3) is 0.650. The minimum absolute atomic E-state index is 0. The predicted octanol–water partition coefficient (Wildman–Crippen LogP) is 4.34. The Kier molecular flexibility index (Phi) is 11.1. The molecule has 0 saturated carbocycles. The molecule has 0 aromatic carbocycles. The van der Waals surface area contributed by atoms with Gasteiger partial charge in [0.05, 0.1) is 11.7 Å². The molecule has 2 N–H and O–H groups in total. The van der Waals surface area contributed by atoms with Crippen LogP contribution in [0.3, 0.4) is 0 Å². The molecule has 2 rings (SSSR count). The number of carbonyl (C=O) groups is 1. The molecule has 1 aliphatic rings. The molecule has 28 heavy (non-hydrogen) atoms. The van der Waals surface area contributed by atoms with E-state index in [1.165, 1.54) is 5.92 Å². The zero-order chi connectivity index (χ0) is 19.2. The molecule has 1 aromatic rings. The van der Waals surface area contributed by atoms with E-state index in [9.17, 15) is 4.79 Å². The number of amides is 1. The number of aromatic nitrogens is 2. The van der Waals surface area contributed by atoms with E-state index >= 15 is 0 Å². The Hall–Kier alpha value is -0.577. The zero-order valence-electron chi connectivity index (χ0n) is 18.6. The van der Waals surface area contributed by atoms with Gasteiger partial charge in [0.25, 0.3) is 0 Å². The number of nitrogens with zero attached hydrogens (tertiary/aromatic N) is 3. The molecule has 1 fully saturated rings. The Morgan fingerprint density at radius 1 is 1.29 bits per heavy atom. The van der Waals surface area contributed by atoms with Gasteiger partial charge in [-0.3, -0.25) is 10.7 Å². The summed E-state index contributed by atoms with van der Waals surface area (Å²) in [5, 5.41) is 3.17. The van der Waals surface area contributed by atoms with Crippen LogP contribution in [0.25, 0.3) is 5.73 Å². The molecule has 2 heterocycles. The summed E-state index contributed by atoms with van der Waals surface area (Å²) in [5.41, 5.74) is 9.11. The van der Waals surface area contributed by atoms with E-state index in [4.69, 9.17) is 5.73 Å². The Morgan fingerprint density at radius 3 is 2.32 bits per heavy atom. The van der Waals surface area contributed by atoms with Crippen molar-refractivity contribution in [2.75, 3.05) is 11.4 Å². The van der Waals surface area contributed by atoms with E-state index in [2.05, 4.69) is 34.0 Å². The van der Waals surface area contributed by atoms with E-state index in [0.717, 1.165) is 23.5 Å². The summed E-state index contributed by atoms with van der Waals surface area (Å²) in [6.45, 7) is 16.9. The second kappa shape index (κ2) is 10.5. The maximum absolute atomic E-state index is 12.8. The van der Waals surface area contributed by atoms with E-state index in [0.29, 0.717) is 6.54 Å². The van der Waals surface area contributed by atoms with Gasteiger partial charge in [-0.25, -0.2) is 0 Å². The Bertz CT molecular complexity index is 679. The molecule has 6 nitrogen and oxygen atoms in total. The number of carbonyl (C=O) groups excluding carboxylic acids is 1. The van der Waals surface area contributed by atoms with Crippen molar-refractivity contribution in [2.24, 2.45) is 5.92 Å². The molecule has 0 bridgehead atoms. The van der Waals surface area contributed by atoms with Gasteiger partial charge in [0, 0.05) is 39.1 Å². The van der Waals surface area contributed by atoms with Crippen LogP contribution in [-0.4, -0.2) is 33.5 Å². The van der Waals surface area contributed by atoms with Crippen LogP contribution in [-0.2, 0) is 44.4 Å². The smallest absolute Gasteiger partial charge is 0.410 e. The first-order chi connectivity index (χ1) is 11.3. The Morgan fingerprint density at radius 2 is 1.82 bits per heavy atom. The standard InChI is InChI=1S/C19H32N5O.CH3.V.W/c1-11(2)19(7,8)23-16(25)14-9-18(5,6)24(10-14)15-12(3)13(4)21-17(20)22-15;;;/h14H,9-10H2,1-8H3,(H3,20,21,22,23,25);1H3;;/q2*-1;+2;/p-1/t14-;;;/m1.../s1. The summed E-state index contributed by atoms with van der Waals surface area (Å²) in [7, 11) is 0. The summed E-state index contributed by atoms with van der Waals surface area (Å²) in [6.07, 6.45) is 0.757. The van der Waals surface area contributed by atoms with Gasteiger partial charge in [0.15, 0.2) is 0 Å². The maximum atomic E-state index is 12.8. The van der Waals surface area contributed by atoms with Crippen molar-refractivity contribution in [3.8, 4) is 0 Å². The molecule has 1 radical (unpaired) electrons. The quantitative estimate of drug-likeness (QED) is 0.526. The van der Waals surface area contributed by atoms with Gasteiger partial charge in [-0.1, -0.05) is 19.4 Å². The first kappa shape index (κ1) is 29.6. The molecule has 157 valence electrons. The Labute approximate surface area is 197 Å². The van der Waals surface area contributed by atoms with Crippen molar-refractivity contribution in [3.05, 3.63) is 30.3 Å². The summed E-state index contributed by atoms with van der Waals surface area (Å²) in [4.78, 5) is 23.5. The fourth-order valence-corrected chi connectivity index (χ4v) is 3.21. The van der Waals surface area contributed by atoms with Crippen molar-refractivity contribution >= 4 is 17.7 Å². The van der Waals surface area contributed by atoms with Crippen molar-refractivity contribution in [1.82, 2.24) is 15.3 Å². The van der Waals surface area contributed by atoms with Crippen LogP contribution in [0.4, 0.5) is 11.8 Å². The largest absolute Gasteiger partial charge is 2.00 e. The third-order valence-electron chi connectivity index (χ3n) is 5.56. The molecule has 0 aliphatic carbocycles. The third-order valence-corrected chi connectivity index (χ3v) is 5.56. The van der Waals surface area contributed by atoms with Crippen molar-refractivity contribution in [3.63, 3.8) is 0 Å². The van der Waals surface area contributed by atoms with Crippen LogP contribution in [0.15, 0.2) is 0 Å². The molecule has 0 spiro atoms. The minimum atomic E-state index is -0.315. The first-order valence-electron chi connectivity index (χ1n) is 8.82. The first-order valence-corrected chi connectivity index (χ1v) is 8.82. The molecule has 1 atom stereocenters.